The number of nitrogens with zero attached hydrogens (tertiary/aromatic N) is 3. The second-order valence-electron chi connectivity index (χ2n) is 8.81. The van der Waals surface area contributed by atoms with E-state index in [1.54, 1.807) is 6.07 Å². The molecule has 0 radical (unpaired) electrons. The van der Waals surface area contributed by atoms with Crippen molar-refractivity contribution in [3.8, 4) is 0 Å². The number of hydrogen-bond donors (Lipinski definition) is 2. The molecule has 2 saturated heterocycles. The molecule has 0 atom stereocenters. The van der Waals surface area contributed by atoms with Crippen LogP contribution in [0.25, 0.3) is 0 Å². The summed E-state index contributed by atoms with van der Waals surface area (Å²) in [6.07, 6.45) is 6.09. The number of hydrogen-bond acceptors (Lipinski definition) is 6. The van der Waals surface area contributed by atoms with Gasteiger partial charge in [-0.05, 0) is 70.4 Å². The Morgan fingerprint density at radius 1 is 1.17 bits per heavy atom. The van der Waals surface area contributed by atoms with Crippen molar-refractivity contribution in [1.82, 2.24) is 4.90 Å². The number of piperidine rings is 2. The van der Waals surface area contributed by atoms with Crippen LogP contribution < -0.4 is 10.2 Å². The smallest absolute Gasteiger partial charge is 0.294 e. The van der Waals surface area contributed by atoms with Gasteiger partial charge < -0.3 is 20.2 Å². The molecule has 7 nitrogen and oxygen atoms in total. The summed E-state index contributed by atoms with van der Waals surface area (Å²) in [5.41, 5.74) is 1.78. The van der Waals surface area contributed by atoms with Gasteiger partial charge >= 0.3 is 0 Å². The molecule has 162 valence electrons. The maximum Gasteiger partial charge on any atom is 0.294 e. The number of nitrogens with one attached hydrogen (secondary N) is 1. The molecule has 0 aliphatic carbocycles. The summed E-state index contributed by atoms with van der Waals surface area (Å²) in [6.45, 7) is 8.53. The molecule has 3 rings (SSSR count). The molecule has 0 unspecified atom stereocenters. The molecule has 0 spiro atoms. The van der Waals surface area contributed by atoms with Crippen LogP contribution in [0.5, 0.6) is 0 Å². The van der Waals surface area contributed by atoms with Gasteiger partial charge in [-0.15, -0.1) is 0 Å². The van der Waals surface area contributed by atoms with E-state index in [0.717, 1.165) is 76.1 Å². The van der Waals surface area contributed by atoms with Gasteiger partial charge in [0.1, 0.15) is 5.69 Å². The quantitative estimate of drug-likeness (QED) is 0.506. The topological polar surface area (TPSA) is 81.9 Å². The van der Waals surface area contributed by atoms with Crippen LogP contribution in [0.1, 0.15) is 52.4 Å². The summed E-state index contributed by atoms with van der Waals surface area (Å²) >= 11 is 0. The summed E-state index contributed by atoms with van der Waals surface area (Å²) in [5.74, 6) is 0.620. The third kappa shape index (κ3) is 5.82. The van der Waals surface area contributed by atoms with E-state index in [2.05, 4.69) is 29.0 Å². The summed E-state index contributed by atoms with van der Waals surface area (Å²) in [5, 5.41) is 24.3. The minimum Gasteiger partial charge on any atom is -0.396 e. The number of benzene rings is 1. The lowest BCUT2D eigenvalue weighted by Gasteiger charge is -2.35. The zero-order valence-corrected chi connectivity index (χ0v) is 17.8. The van der Waals surface area contributed by atoms with E-state index in [1.165, 1.54) is 0 Å². The number of aliphatic hydroxyl groups is 1. The van der Waals surface area contributed by atoms with Gasteiger partial charge in [0.2, 0.25) is 0 Å². The largest absolute Gasteiger partial charge is 0.396 e. The zero-order chi connectivity index (χ0) is 20.8. The Hall–Kier alpha value is -1.86. The van der Waals surface area contributed by atoms with Crippen LogP contribution >= 0.6 is 0 Å². The molecule has 0 bridgehead atoms. The highest BCUT2D eigenvalue weighted by molar-refractivity contribution is 5.69. The highest BCUT2D eigenvalue weighted by Crippen LogP contribution is 2.35. The first-order valence-corrected chi connectivity index (χ1v) is 11.1. The van der Waals surface area contributed by atoms with Crippen molar-refractivity contribution >= 4 is 17.1 Å². The first-order chi connectivity index (χ1) is 14.0. The van der Waals surface area contributed by atoms with Gasteiger partial charge in [-0.1, -0.05) is 0 Å². The fourth-order valence-electron chi connectivity index (χ4n) is 4.67. The average Bonchev–Trinajstić information content (AvgIpc) is 2.73. The van der Waals surface area contributed by atoms with Gasteiger partial charge in [0.15, 0.2) is 0 Å². The zero-order valence-electron chi connectivity index (χ0n) is 17.8. The molecule has 1 aromatic carbocycles. The fourth-order valence-corrected chi connectivity index (χ4v) is 4.67. The number of nitro groups is 1. The lowest BCUT2D eigenvalue weighted by Crippen LogP contribution is -2.42. The first-order valence-electron chi connectivity index (χ1n) is 11.1. The van der Waals surface area contributed by atoms with Crippen LogP contribution in [0.15, 0.2) is 18.2 Å². The van der Waals surface area contributed by atoms with E-state index in [9.17, 15) is 10.1 Å². The van der Waals surface area contributed by atoms with E-state index in [0.29, 0.717) is 18.0 Å². The molecule has 2 fully saturated rings. The van der Waals surface area contributed by atoms with Crippen molar-refractivity contribution in [1.29, 1.82) is 0 Å². The van der Waals surface area contributed by atoms with Crippen LogP contribution in [0.4, 0.5) is 17.1 Å². The molecule has 7 heteroatoms. The summed E-state index contributed by atoms with van der Waals surface area (Å²) in [4.78, 5) is 16.1. The predicted octanol–water partition coefficient (Wildman–Crippen LogP) is 3.87. The Kier molecular flexibility index (Phi) is 7.72. The normalized spacial score (nSPS) is 19.7. The highest BCUT2D eigenvalue weighted by atomic mass is 16.6. The maximum atomic E-state index is 11.7. The van der Waals surface area contributed by atoms with E-state index in [-0.39, 0.29) is 17.2 Å². The second kappa shape index (κ2) is 10.3. The van der Waals surface area contributed by atoms with Crippen LogP contribution in [-0.2, 0) is 0 Å². The standard InChI is InChI=1S/C22H36N4O3/c1-17(2)24-13-9-19(10-14-24)23-20-5-6-21(22(16-20)26(28)29)25-11-7-18(8-12-25)4-3-15-27/h5-6,16-19,23,27H,3-4,7-15H2,1-2H3. The van der Waals surface area contributed by atoms with E-state index in [1.807, 2.05) is 12.1 Å². The Morgan fingerprint density at radius 3 is 2.45 bits per heavy atom. The summed E-state index contributed by atoms with van der Waals surface area (Å²) in [7, 11) is 0. The second-order valence-corrected chi connectivity index (χ2v) is 8.81. The van der Waals surface area contributed by atoms with Gasteiger partial charge in [-0.2, -0.15) is 0 Å². The first kappa shape index (κ1) is 21.8. The number of rotatable bonds is 8. The van der Waals surface area contributed by atoms with Crippen molar-refractivity contribution in [2.24, 2.45) is 5.92 Å². The van der Waals surface area contributed by atoms with Crippen LogP contribution in [0.2, 0.25) is 0 Å². The molecule has 2 aliphatic rings. The molecule has 1 aromatic rings. The van der Waals surface area contributed by atoms with Crippen LogP contribution in [-0.4, -0.2) is 59.8 Å². The number of anilines is 2. The molecule has 2 N–H and O–H groups in total. The molecule has 2 heterocycles. The third-order valence-electron chi connectivity index (χ3n) is 6.53. The maximum absolute atomic E-state index is 11.7. The fraction of sp³-hybridized carbons (Fsp3) is 0.727. The van der Waals surface area contributed by atoms with Gasteiger partial charge in [-0.3, -0.25) is 10.1 Å². The van der Waals surface area contributed by atoms with E-state index < -0.39 is 0 Å². The molecule has 2 aliphatic heterocycles. The molecular weight excluding hydrogens is 368 g/mol. The van der Waals surface area contributed by atoms with Crippen molar-refractivity contribution in [3.05, 3.63) is 28.3 Å². The monoisotopic (exact) mass is 404 g/mol. The number of nitro benzene ring substituents is 1. The lowest BCUT2D eigenvalue weighted by atomic mass is 9.92. The number of likely N-dealkylation sites (tertiary alicyclic amines) is 1. The van der Waals surface area contributed by atoms with Crippen LogP contribution in [0.3, 0.4) is 0 Å². The molecule has 0 amide bonds. The average molecular weight is 405 g/mol. The van der Waals surface area contributed by atoms with Crippen LogP contribution in [0, 0.1) is 16.0 Å². The van der Waals surface area contributed by atoms with Gasteiger partial charge in [0, 0.05) is 56.6 Å². The molecule has 29 heavy (non-hydrogen) atoms. The molecule has 0 saturated carbocycles. The van der Waals surface area contributed by atoms with Gasteiger partial charge in [0.25, 0.3) is 5.69 Å². The summed E-state index contributed by atoms with van der Waals surface area (Å²) in [6, 6.07) is 6.57. The lowest BCUT2D eigenvalue weighted by molar-refractivity contribution is -0.384. The summed E-state index contributed by atoms with van der Waals surface area (Å²) < 4.78 is 0. The molecular formula is C22H36N4O3. The SMILES string of the molecule is CC(C)N1CCC(Nc2ccc(N3CCC(CCCO)CC3)c([N+](=O)[O-])c2)CC1. The van der Waals surface area contributed by atoms with Crippen molar-refractivity contribution in [2.75, 3.05) is 43.0 Å². The number of aliphatic hydroxyl groups excluding tert-OH is 1. The Morgan fingerprint density at radius 2 is 1.86 bits per heavy atom. The van der Waals surface area contributed by atoms with Crippen molar-refractivity contribution in [3.63, 3.8) is 0 Å². The minimum absolute atomic E-state index is 0.198. The van der Waals surface area contributed by atoms with Gasteiger partial charge in [0.05, 0.1) is 4.92 Å². The highest BCUT2D eigenvalue weighted by Gasteiger charge is 2.26. The Bertz CT molecular complexity index is 666. The van der Waals surface area contributed by atoms with Gasteiger partial charge in [-0.25, -0.2) is 0 Å². The molecule has 0 aromatic heterocycles. The predicted molar refractivity (Wildman–Crippen MR) is 118 cm³/mol. The van der Waals surface area contributed by atoms with Crippen molar-refractivity contribution < 1.29 is 10.0 Å². The van der Waals surface area contributed by atoms with E-state index >= 15 is 0 Å². The van der Waals surface area contributed by atoms with E-state index in [4.69, 9.17) is 5.11 Å². The van der Waals surface area contributed by atoms with Crippen molar-refractivity contribution in [2.45, 2.75) is 64.5 Å². The third-order valence-corrected chi connectivity index (χ3v) is 6.53. The minimum atomic E-state index is -0.250. The Labute approximate surface area is 174 Å². The Balaban J connectivity index is 1.62.